The zero-order valence-electron chi connectivity index (χ0n) is 9.10. The van der Waals surface area contributed by atoms with E-state index in [1.165, 1.54) is 0 Å². The summed E-state index contributed by atoms with van der Waals surface area (Å²) >= 11 is 0. The van der Waals surface area contributed by atoms with Crippen molar-refractivity contribution in [3.05, 3.63) is 30.6 Å². The second-order valence-corrected chi connectivity index (χ2v) is 3.91. The van der Waals surface area contributed by atoms with Crippen molar-refractivity contribution in [2.24, 2.45) is 0 Å². The summed E-state index contributed by atoms with van der Waals surface area (Å²) in [6.07, 6.45) is 2.37. The molecule has 2 aromatic rings. The molecule has 17 heavy (non-hydrogen) atoms. The van der Waals surface area contributed by atoms with Crippen molar-refractivity contribution in [2.45, 2.75) is 6.42 Å². The van der Waals surface area contributed by atoms with Crippen LogP contribution in [0.2, 0.25) is 0 Å². The molecule has 0 atom stereocenters. The lowest BCUT2D eigenvalue weighted by Crippen LogP contribution is -2.45. The zero-order valence-corrected chi connectivity index (χ0v) is 9.10. The number of anilines is 1. The van der Waals surface area contributed by atoms with E-state index < -0.39 is 0 Å². The average molecular weight is 229 g/mol. The van der Waals surface area contributed by atoms with Crippen molar-refractivity contribution in [2.75, 3.05) is 11.4 Å². The van der Waals surface area contributed by atoms with E-state index >= 15 is 0 Å². The predicted octanol–water partition coefficient (Wildman–Crippen LogP) is 1.39. The molecule has 0 aliphatic carbocycles. The lowest BCUT2D eigenvalue weighted by atomic mass is 10.2. The molecule has 0 unspecified atom stereocenters. The smallest absolute Gasteiger partial charge is 0.312 e. The molecule has 1 saturated heterocycles. The fourth-order valence-corrected chi connectivity index (χ4v) is 1.82. The molecule has 0 aromatic carbocycles. The van der Waals surface area contributed by atoms with Gasteiger partial charge in [0.2, 0.25) is 0 Å². The van der Waals surface area contributed by atoms with E-state index in [1.807, 2.05) is 6.07 Å². The molecule has 2 N–H and O–H groups in total. The van der Waals surface area contributed by atoms with Crippen LogP contribution in [-0.4, -0.2) is 27.8 Å². The quantitative estimate of drug-likeness (QED) is 0.776. The Kier molecular flexibility index (Phi) is 2.07. The summed E-state index contributed by atoms with van der Waals surface area (Å²) in [5, 5.41) is 9.42. The number of urea groups is 1. The van der Waals surface area contributed by atoms with Gasteiger partial charge in [-0.25, -0.2) is 9.78 Å². The molecule has 0 saturated carbocycles. The third-order valence-electron chi connectivity index (χ3n) is 2.72. The number of nitrogens with one attached hydrogen (secondary N) is 2. The lowest BCUT2D eigenvalue weighted by Gasteiger charge is -2.27. The van der Waals surface area contributed by atoms with E-state index in [4.69, 9.17) is 0 Å². The van der Waals surface area contributed by atoms with Gasteiger partial charge in [0.1, 0.15) is 11.3 Å². The lowest BCUT2D eigenvalue weighted by molar-refractivity contribution is 0.246. The molecule has 0 spiro atoms. The number of pyridine rings is 1. The highest BCUT2D eigenvalue weighted by Crippen LogP contribution is 2.19. The molecule has 1 aliphatic heterocycles. The van der Waals surface area contributed by atoms with Crippen molar-refractivity contribution < 1.29 is 4.79 Å². The van der Waals surface area contributed by atoms with Crippen LogP contribution in [0.1, 0.15) is 6.42 Å². The number of carbonyl (C=O) groups excluding carboxylic acids is 1. The van der Waals surface area contributed by atoms with Gasteiger partial charge in [-0.3, -0.25) is 10.00 Å². The van der Waals surface area contributed by atoms with Gasteiger partial charge in [0.05, 0.1) is 11.7 Å². The number of aromatic nitrogens is 3. The van der Waals surface area contributed by atoms with E-state index in [0.29, 0.717) is 12.4 Å². The summed E-state index contributed by atoms with van der Waals surface area (Å²) in [6, 6.07) is 3.48. The van der Waals surface area contributed by atoms with Gasteiger partial charge in [0, 0.05) is 18.7 Å². The molecule has 6 heteroatoms. The summed E-state index contributed by atoms with van der Waals surface area (Å²) in [5.41, 5.74) is 2.35. The Bertz CT molecular complexity index is 603. The minimum absolute atomic E-state index is 0.184. The number of H-pyrrole nitrogens is 1. The first-order valence-electron chi connectivity index (χ1n) is 5.30. The van der Waals surface area contributed by atoms with E-state index in [0.717, 1.165) is 23.2 Å². The van der Waals surface area contributed by atoms with Crippen LogP contribution in [0.15, 0.2) is 30.6 Å². The second-order valence-electron chi connectivity index (χ2n) is 3.91. The Morgan fingerprint density at radius 3 is 3.12 bits per heavy atom. The van der Waals surface area contributed by atoms with Crippen LogP contribution in [0.25, 0.3) is 11.0 Å². The molecule has 2 aromatic heterocycles. The first kappa shape index (κ1) is 9.83. The minimum atomic E-state index is -0.184. The van der Waals surface area contributed by atoms with E-state index in [9.17, 15) is 4.79 Å². The standard InChI is InChI=1S/C11H11N5O/c1-7-4-5-16(11(17)13-7)10-3-2-8-9(14-10)6-12-15-8/h2-3,6H,1,4-5H2,(H,12,15)(H,13,17). The summed E-state index contributed by atoms with van der Waals surface area (Å²) < 4.78 is 0. The SMILES string of the molecule is C=C1CCN(c2ccc3[nH]ncc3n2)C(=O)N1. The van der Waals surface area contributed by atoms with Crippen LogP contribution in [0.4, 0.5) is 10.6 Å². The van der Waals surface area contributed by atoms with Crippen LogP contribution in [0, 0.1) is 0 Å². The zero-order chi connectivity index (χ0) is 11.8. The average Bonchev–Trinajstić information content (AvgIpc) is 2.75. The molecule has 3 heterocycles. The van der Waals surface area contributed by atoms with Crippen LogP contribution >= 0.6 is 0 Å². The first-order chi connectivity index (χ1) is 8.24. The largest absolute Gasteiger partial charge is 0.327 e. The van der Waals surface area contributed by atoms with Gasteiger partial charge in [-0.1, -0.05) is 6.58 Å². The van der Waals surface area contributed by atoms with Crippen LogP contribution in [-0.2, 0) is 0 Å². The molecule has 0 bridgehead atoms. The second kappa shape index (κ2) is 3.58. The molecule has 6 nitrogen and oxygen atoms in total. The fraction of sp³-hybridized carbons (Fsp3) is 0.182. The first-order valence-corrected chi connectivity index (χ1v) is 5.30. The highest BCUT2D eigenvalue weighted by atomic mass is 16.2. The maximum absolute atomic E-state index is 11.8. The Hall–Kier alpha value is -2.37. The number of fused-ring (bicyclic) bond motifs is 1. The van der Waals surface area contributed by atoms with Gasteiger partial charge >= 0.3 is 6.03 Å². The van der Waals surface area contributed by atoms with Crippen LogP contribution < -0.4 is 10.2 Å². The number of hydrogen-bond acceptors (Lipinski definition) is 3. The number of amides is 2. The van der Waals surface area contributed by atoms with Crippen LogP contribution in [0.5, 0.6) is 0 Å². The monoisotopic (exact) mass is 229 g/mol. The van der Waals surface area contributed by atoms with Gasteiger partial charge in [-0.05, 0) is 12.1 Å². The molecule has 3 rings (SSSR count). The molecule has 2 amide bonds. The predicted molar refractivity (Wildman–Crippen MR) is 63.5 cm³/mol. The summed E-state index contributed by atoms with van der Waals surface area (Å²) in [7, 11) is 0. The third-order valence-corrected chi connectivity index (χ3v) is 2.72. The summed E-state index contributed by atoms with van der Waals surface area (Å²) in [6.45, 7) is 4.34. The Labute approximate surface area is 97.3 Å². The number of aromatic amines is 1. The Morgan fingerprint density at radius 2 is 2.29 bits per heavy atom. The minimum Gasteiger partial charge on any atom is -0.312 e. The van der Waals surface area contributed by atoms with Gasteiger partial charge in [-0.2, -0.15) is 5.10 Å². The maximum atomic E-state index is 11.8. The van der Waals surface area contributed by atoms with Crippen molar-refractivity contribution in [3.8, 4) is 0 Å². The molecule has 0 radical (unpaired) electrons. The van der Waals surface area contributed by atoms with Crippen molar-refractivity contribution in [3.63, 3.8) is 0 Å². The van der Waals surface area contributed by atoms with Crippen LogP contribution in [0.3, 0.4) is 0 Å². The third kappa shape index (κ3) is 1.63. The number of hydrogen-bond donors (Lipinski definition) is 2. The molecule has 86 valence electrons. The highest BCUT2D eigenvalue weighted by molar-refractivity contribution is 5.94. The Balaban J connectivity index is 1.97. The summed E-state index contributed by atoms with van der Waals surface area (Å²) in [4.78, 5) is 17.7. The normalized spacial score (nSPS) is 16.4. The molecule has 1 aliphatic rings. The number of rotatable bonds is 1. The topological polar surface area (TPSA) is 73.9 Å². The maximum Gasteiger partial charge on any atom is 0.327 e. The Morgan fingerprint density at radius 1 is 1.41 bits per heavy atom. The van der Waals surface area contributed by atoms with Gasteiger partial charge in [0.15, 0.2) is 0 Å². The van der Waals surface area contributed by atoms with Crippen molar-refractivity contribution >= 4 is 22.9 Å². The highest BCUT2D eigenvalue weighted by Gasteiger charge is 2.22. The van der Waals surface area contributed by atoms with E-state index in [2.05, 4.69) is 27.1 Å². The summed E-state index contributed by atoms with van der Waals surface area (Å²) in [5.74, 6) is 0.629. The van der Waals surface area contributed by atoms with E-state index in [-0.39, 0.29) is 6.03 Å². The van der Waals surface area contributed by atoms with Crippen molar-refractivity contribution in [1.82, 2.24) is 20.5 Å². The molecular weight excluding hydrogens is 218 g/mol. The van der Waals surface area contributed by atoms with E-state index in [1.54, 1.807) is 17.2 Å². The number of nitrogens with zero attached hydrogens (tertiary/aromatic N) is 3. The molecule has 1 fully saturated rings. The van der Waals surface area contributed by atoms with Gasteiger partial charge < -0.3 is 5.32 Å². The van der Waals surface area contributed by atoms with Gasteiger partial charge in [-0.15, -0.1) is 0 Å². The fourth-order valence-electron chi connectivity index (χ4n) is 1.82. The molecular formula is C11H11N5O. The van der Waals surface area contributed by atoms with Crippen molar-refractivity contribution in [1.29, 1.82) is 0 Å². The van der Waals surface area contributed by atoms with Gasteiger partial charge in [0.25, 0.3) is 0 Å². The number of carbonyl (C=O) groups is 1.